The van der Waals surface area contributed by atoms with Crippen molar-refractivity contribution < 1.29 is 23.9 Å². The standard InChI is InChI=1S/C17H26N4O5/c1-5-25-13-8-7-12(9-14(13)26-6-2)19-15(22)10-21(4)11-16(23)20-17(24)18-3/h7-9H,5-6,10-11H2,1-4H3,(H,19,22)(H2,18,20,23,24). The Balaban J connectivity index is 2.60. The van der Waals surface area contributed by atoms with Crippen molar-refractivity contribution in [3.8, 4) is 11.5 Å². The van der Waals surface area contributed by atoms with Gasteiger partial charge < -0.3 is 20.1 Å². The Morgan fingerprint density at radius 3 is 2.23 bits per heavy atom. The summed E-state index contributed by atoms with van der Waals surface area (Å²) in [4.78, 5) is 36.3. The molecule has 0 radical (unpaired) electrons. The molecular formula is C17H26N4O5. The van der Waals surface area contributed by atoms with Crippen LogP contribution in [-0.4, -0.2) is 63.1 Å². The van der Waals surface area contributed by atoms with Gasteiger partial charge in [0.15, 0.2) is 11.5 Å². The molecule has 0 aromatic heterocycles. The zero-order valence-corrected chi connectivity index (χ0v) is 15.5. The van der Waals surface area contributed by atoms with E-state index in [9.17, 15) is 14.4 Å². The van der Waals surface area contributed by atoms with Gasteiger partial charge in [0, 0.05) is 18.8 Å². The van der Waals surface area contributed by atoms with Gasteiger partial charge in [-0.1, -0.05) is 0 Å². The maximum absolute atomic E-state index is 12.1. The number of nitrogens with zero attached hydrogens (tertiary/aromatic N) is 1. The summed E-state index contributed by atoms with van der Waals surface area (Å²) in [6.07, 6.45) is 0. The van der Waals surface area contributed by atoms with Gasteiger partial charge in [0.25, 0.3) is 0 Å². The van der Waals surface area contributed by atoms with Crippen molar-refractivity contribution in [3.63, 3.8) is 0 Å². The molecule has 0 saturated heterocycles. The summed E-state index contributed by atoms with van der Waals surface area (Å²) in [7, 11) is 3.01. The number of nitrogens with one attached hydrogen (secondary N) is 3. The number of hydrogen-bond acceptors (Lipinski definition) is 6. The Morgan fingerprint density at radius 1 is 1.00 bits per heavy atom. The predicted molar refractivity (Wildman–Crippen MR) is 97.5 cm³/mol. The third-order valence-corrected chi connectivity index (χ3v) is 3.13. The first-order chi connectivity index (χ1) is 12.4. The zero-order valence-electron chi connectivity index (χ0n) is 15.5. The molecule has 1 aromatic rings. The second kappa shape index (κ2) is 10.9. The lowest BCUT2D eigenvalue weighted by Gasteiger charge is -2.16. The first-order valence-corrected chi connectivity index (χ1v) is 8.29. The lowest BCUT2D eigenvalue weighted by Crippen LogP contribution is -2.44. The molecule has 9 nitrogen and oxygen atoms in total. The number of imide groups is 1. The van der Waals surface area contributed by atoms with E-state index in [-0.39, 0.29) is 19.0 Å². The Hall–Kier alpha value is -2.81. The Labute approximate surface area is 153 Å². The summed E-state index contributed by atoms with van der Waals surface area (Å²) >= 11 is 0. The van der Waals surface area contributed by atoms with Crippen LogP contribution in [0, 0.1) is 0 Å². The van der Waals surface area contributed by atoms with Crippen molar-refractivity contribution in [1.82, 2.24) is 15.5 Å². The van der Waals surface area contributed by atoms with Crippen LogP contribution < -0.4 is 25.4 Å². The number of carbonyl (C=O) groups excluding carboxylic acids is 3. The Kier molecular flexibility index (Phi) is 8.93. The van der Waals surface area contributed by atoms with E-state index in [4.69, 9.17) is 9.47 Å². The molecule has 0 aliphatic rings. The molecule has 144 valence electrons. The maximum Gasteiger partial charge on any atom is 0.321 e. The second-order valence-electron chi connectivity index (χ2n) is 5.38. The predicted octanol–water partition coefficient (Wildman–Crippen LogP) is 0.810. The maximum atomic E-state index is 12.1. The minimum Gasteiger partial charge on any atom is -0.490 e. The third-order valence-electron chi connectivity index (χ3n) is 3.13. The van der Waals surface area contributed by atoms with Crippen molar-refractivity contribution in [1.29, 1.82) is 0 Å². The molecule has 0 bridgehead atoms. The SMILES string of the molecule is CCOc1ccc(NC(=O)CN(C)CC(=O)NC(=O)NC)cc1OCC. The molecular weight excluding hydrogens is 340 g/mol. The number of benzene rings is 1. The summed E-state index contributed by atoms with van der Waals surface area (Å²) < 4.78 is 11.0. The van der Waals surface area contributed by atoms with Gasteiger partial charge in [0.2, 0.25) is 11.8 Å². The van der Waals surface area contributed by atoms with E-state index in [1.807, 2.05) is 13.8 Å². The zero-order chi connectivity index (χ0) is 19.5. The topological polar surface area (TPSA) is 109 Å². The highest BCUT2D eigenvalue weighted by Gasteiger charge is 2.13. The lowest BCUT2D eigenvalue weighted by molar-refractivity contribution is -0.122. The van der Waals surface area contributed by atoms with Crippen molar-refractivity contribution in [2.45, 2.75) is 13.8 Å². The van der Waals surface area contributed by atoms with Crippen LogP contribution in [-0.2, 0) is 9.59 Å². The Bertz CT molecular complexity index is 636. The molecule has 26 heavy (non-hydrogen) atoms. The molecule has 0 unspecified atom stereocenters. The smallest absolute Gasteiger partial charge is 0.321 e. The highest BCUT2D eigenvalue weighted by Crippen LogP contribution is 2.30. The van der Waals surface area contributed by atoms with E-state index >= 15 is 0 Å². The van der Waals surface area contributed by atoms with Gasteiger partial charge in [-0.3, -0.25) is 19.8 Å². The summed E-state index contributed by atoms with van der Waals surface area (Å²) in [6.45, 7) is 4.61. The first kappa shape index (κ1) is 21.2. The molecule has 0 aliphatic carbocycles. The molecule has 0 heterocycles. The van der Waals surface area contributed by atoms with Crippen LogP contribution in [0.3, 0.4) is 0 Å². The number of carbonyl (C=O) groups is 3. The molecule has 1 rings (SSSR count). The highest BCUT2D eigenvalue weighted by atomic mass is 16.5. The van der Waals surface area contributed by atoms with Gasteiger partial charge in [0.05, 0.1) is 26.3 Å². The lowest BCUT2D eigenvalue weighted by atomic mass is 10.2. The van der Waals surface area contributed by atoms with E-state index in [0.717, 1.165) is 0 Å². The first-order valence-electron chi connectivity index (χ1n) is 8.29. The van der Waals surface area contributed by atoms with Crippen LogP contribution in [0.1, 0.15) is 13.8 Å². The number of likely N-dealkylation sites (N-methyl/N-ethyl adjacent to an activating group) is 1. The van der Waals surface area contributed by atoms with Crippen molar-refractivity contribution >= 4 is 23.5 Å². The molecule has 0 fully saturated rings. The van der Waals surface area contributed by atoms with Gasteiger partial charge >= 0.3 is 6.03 Å². The summed E-state index contributed by atoms with van der Waals surface area (Å²) in [5, 5.41) is 7.15. The molecule has 9 heteroatoms. The molecule has 0 spiro atoms. The molecule has 1 aromatic carbocycles. The van der Waals surface area contributed by atoms with E-state index in [0.29, 0.717) is 30.4 Å². The summed E-state index contributed by atoms with van der Waals surface area (Å²) in [6, 6.07) is 4.53. The molecule has 0 aliphatic heterocycles. The molecule has 0 saturated carbocycles. The number of hydrogen-bond donors (Lipinski definition) is 3. The average molecular weight is 366 g/mol. The van der Waals surface area contributed by atoms with Crippen LogP contribution in [0.25, 0.3) is 0 Å². The van der Waals surface area contributed by atoms with E-state index < -0.39 is 11.9 Å². The second-order valence-corrected chi connectivity index (χ2v) is 5.38. The minimum atomic E-state index is -0.592. The quantitative estimate of drug-likeness (QED) is 0.597. The number of rotatable bonds is 9. The third kappa shape index (κ3) is 7.39. The molecule has 3 N–H and O–H groups in total. The van der Waals surface area contributed by atoms with Crippen molar-refractivity contribution in [3.05, 3.63) is 18.2 Å². The number of ether oxygens (including phenoxy) is 2. The fourth-order valence-electron chi connectivity index (χ4n) is 2.10. The summed E-state index contributed by atoms with van der Waals surface area (Å²) in [5.74, 6) is 0.354. The van der Waals surface area contributed by atoms with Crippen LogP contribution in [0.15, 0.2) is 18.2 Å². The largest absolute Gasteiger partial charge is 0.490 e. The van der Waals surface area contributed by atoms with Crippen molar-refractivity contribution in [2.24, 2.45) is 0 Å². The number of anilines is 1. The number of urea groups is 1. The molecule has 0 atom stereocenters. The van der Waals surface area contributed by atoms with Crippen LogP contribution in [0.5, 0.6) is 11.5 Å². The van der Waals surface area contributed by atoms with E-state index in [1.54, 1.807) is 25.2 Å². The van der Waals surface area contributed by atoms with Gasteiger partial charge in [-0.15, -0.1) is 0 Å². The monoisotopic (exact) mass is 366 g/mol. The van der Waals surface area contributed by atoms with Gasteiger partial charge in [-0.05, 0) is 33.0 Å². The van der Waals surface area contributed by atoms with Gasteiger partial charge in [-0.25, -0.2) is 4.79 Å². The fraction of sp³-hybridized carbons (Fsp3) is 0.471. The van der Waals surface area contributed by atoms with E-state index in [2.05, 4.69) is 16.0 Å². The number of amides is 4. The van der Waals surface area contributed by atoms with Gasteiger partial charge in [0.1, 0.15) is 0 Å². The highest BCUT2D eigenvalue weighted by molar-refractivity contribution is 5.96. The minimum absolute atomic E-state index is 0.0155. The van der Waals surface area contributed by atoms with Crippen LogP contribution in [0.2, 0.25) is 0 Å². The average Bonchev–Trinajstić information content (AvgIpc) is 2.56. The fourth-order valence-corrected chi connectivity index (χ4v) is 2.10. The van der Waals surface area contributed by atoms with Crippen molar-refractivity contribution in [2.75, 3.05) is 45.7 Å². The van der Waals surface area contributed by atoms with Gasteiger partial charge in [-0.2, -0.15) is 0 Å². The summed E-state index contributed by atoms with van der Waals surface area (Å²) in [5.41, 5.74) is 0.560. The van der Waals surface area contributed by atoms with E-state index in [1.165, 1.54) is 11.9 Å². The van der Waals surface area contributed by atoms with Crippen LogP contribution in [0.4, 0.5) is 10.5 Å². The van der Waals surface area contributed by atoms with Crippen LogP contribution >= 0.6 is 0 Å². The molecule has 4 amide bonds. The normalized spacial score (nSPS) is 10.2. The Morgan fingerprint density at radius 2 is 1.62 bits per heavy atom.